The summed E-state index contributed by atoms with van der Waals surface area (Å²) in [7, 11) is 0. The molecule has 1 rings (SSSR count). The maximum absolute atomic E-state index is 11.5. The van der Waals surface area contributed by atoms with E-state index in [0.29, 0.717) is 0 Å². The third-order valence-electron chi connectivity index (χ3n) is 2.46. The highest BCUT2D eigenvalue weighted by Crippen LogP contribution is 2.04. The summed E-state index contributed by atoms with van der Waals surface area (Å²) in [6.45, 7) is -0.0575. The molecular weight excluding hydrogens is 250 g/mol. The summed E-state index contributed by atoms with van der Waals surface area (Å²) in [5.74, 6) is 0.0490. The van der Waals surface area contributed by atoms with E-state index in [1.54, 1.807) is 0 Å². The summed E-state index contributed by atoms with van der Waals surface area (Å²) in [6, 6.07) is -0.944. The van der Waals surface area contributed by atoms with Crippen LogP contribution in [0.2, 0.25) is 0 Å². The predicted molar refractivity (Wildman–Crippen MR) is 65.1 cm³/mol. The lowest BCUT2D eigenvalue weighted by atomic mass is 10.2. The van der Waals surface area contributed by atoms with Crippen LogP contribution < -0.4 is 11.1 Å². The third kappa shape index (κ3) is 3.96. The summed E-state index contributed by atoms with van der Waals surface area (Å²) in [5.41, 5.74) is 5.06. The highest BCUT2D eigenvalue weighted by atomic mass is 16.2. The van der Waals surface area contributed by atoms with Crippen molar-refractivity contribution in [2.45, 2.75) is 18.9 Å². The lowest BCUT2D eigenvalue weighted by Gasteiger charge is -2.15. The number of terminal acetylenes is 1. The van der Waals surface area contributed by atoms with Gasteiger partial charge in [0.2, 0.25) is 11.8 Å². The first-order valence-corrected chi connectivity index (χ1v) is 5.51. The molecule has 0 unspecified atom stereocenters. The Morgan fingerprint density at radius 2 is 1.95 bits per heavy atom. The van der Waals surface area contributed by atoms with Gasteiger partial charge in [0.15, 0.2) is 0 Å². The molecule has 7 nitrogen and oxygen atoms in total. The Bertz CT molecular complexity index is 472. The summed E-state index contributed by atoms with van der Waals surface area (Å²) < 4.78 is 0. The molecule has 0 aliphatic carbocycles. The van der Waals surface area contributed by atoms with E-state index in [9.17, 15) is 19.2 Å². The van der Waals surface area contributed by atoms with Crippen molar-refractivity contribution in [1.82, 2.24) is 10.2 Å². The first-order valence-electron chi connectivity index (χ1n) is 5.51. The van der Waals surface area contributed by atoms with Crippen molar-refractivity contribution in [1.29, 1.82) is 0 Å². The molecule has 19 heavy (non-hydrogen) atoms. The molecule has 7 heteroatoms. The van der Waals surface area contributed by atoms with Crippen LogP contribution in [0.1, 0.15) is 12.8 Å². The van der Waals surface area contributed by atoms with E-state index in [4.69, 9.17) is 12.2 Å². The first-order chi connectivity index (χ1) is 8.95. The summed E-state index contributed by atoms with van der Waals surface area (Å²) in [5, 5.41) is 2.35. The topological polar surface area (TPSA) is 110 Å². The van der Waals surface area contributed by atoms with Gasteiger partial charge in [0.1, 0.15) is 6.04 Å². The molecule has 0 aromatic carbocycles. The highest BCUT2D eigenvalue weighted by Gasteiger charge is 2.24. The van der Waals surface area contributed by atoms with Crippen LogP contribution in [0.15, 0.2) is 12.2 Å². The van der Waals surface area contributed by atoms with Gasteiger partial charge in [-0.1, -0.05) is 0 Å². The van der Waals surface area contributed by atoms with Crippen molar-refractivity contribution in [3.8, 4) is 12.3 Å². The van der Waals surface area contributed by atoms with Crippen LogP contribution in [0.4, 0.5) is 0 Å². The maximum Gasteiger partial charge on any atom is 0.253 e. The average molecular weight is 263 g/mol. The molecule has 0 aromatic heterocycles. The first kappa shape index (κ1) is 14.4. The monoisotopic (exact) mass is 263 g/mol. The SMILES string of the molecule is C#CC[C@@H](NC(=O)CCN1C(=O)C=CC1=O)C(N)=O. The molecule has 1 aliphatic rings. The quantitative estimate of drug-likeness (QED) is 0.439. The van der Waals surface area contributed by atoms with Crippen LogP contribution in [-0.2, 0) is 19.2 Å². The van der Waals surface area contributed by atoms with Crippen LogP contribution in [0, 0.1) is 12.3 Å². The largest absolute Gasteiger partial charge is 0.368 e. The maximum atomic E-state index is 11.5. The molecule has 0 saturated carbocycles. The number of nitrogens with one attached hydrogen (secondary N) is 1. The van der Waals surface area contributed by atoms with Gasteiger partial charge in [0.25, 0.3) is 11.8 Å². The third-order valence-corrected chi connectivity index (χ3v) is 2.46. The van der Waals surface area contributed by atoms with Crippen LogP contribution in [0.3, 0.4) is 0 Å². The normalized spacial score (nSPS) is 15.2. The Morgan fingerprint density at radius 1 is 1.37 bits per heavy atom. The van der Waals surface area contributed by atoms with Crippen molar-refractivity contribution >= 4 is 23.6 Å². The molecule has 1 aliphatic heterocycles. The van der Waals surface area contributed by atoms with Crippen LogP contribution in [0.5, 0.6) is 0 Å². The summed E-state index contributed by atoms with van der Waals surface area (Å²) in [6.07, 6.45) is 7.17. The minimum absolute atomic E-state index is 0.00972. The fraction of sp³-hybridized carbons (Fsp3) is 0.333. The Labute approximate surface area is 109 Å². The zero-order valence-corrected chi connectivity index (χ0v) is 10.1. The molecule has 0 fully saturated rings. The number of hydrogen-bond acceptors (Lipinski definition) is 4. The number of hydrogen-bond donors (Lipinski definition) is 2. The fourth-order valence-corrected chi connectivity index (χ4v) is 1.47. The van der Waals surface area contributed by atoms with Crippen molar-refractivity contribution < 1.29 is 19.2 Å². The number of nitrogens with two attached hydrogens (primary N) is 1. The Morgan fingerprint density at radius 3 is 2.42 bits per heavy atom. The van der Waals surface area contributed by atoms with Gasteiger partial charge in [-0.05, 0) is 0 Å². The smallest absolute Gasteiger partial charge is 0.253 e. The van der Waals surface area contributed by atoms with Gasteiger partial charge in [-0.25, -0.2) is 0 Å². The molecule has 0 saturated heterocycles. The minimum Gasteiger partial charge on any atom is -0.368 e. The van der Waals surface area contributed by atoms with E-state index < -0.39 is 29.7 Å². The van der Waals surface area contributed by atoms with Gasteiger partial charge in [-0.15, -0.1) is 12.3 Å². The molecule has 100 valence electrons. The number of primary amides is 1. The number of rotatable bonds is 6. The fourth-order valence-electron chi connectivity index (χ4n) is 1.47. The molecule has 0 spiro atoms. The van der Waals surface area contributed by atoms with E-state index in [2.05, 4.69) is 11.2 Å². The number of imide groups is 1. The lowest BCUT2D eigenvalue weighted by molar-refractivity contribution is -0.137. The minimum atomic E-state index is -0.944. The van der Waals surface area contributed by atoms with Crippen molar-refractivity contribution in [2.24, 2.45) is 5.73 Å². The summed E-state index contributed by atoms with van der Waals surface area (Å²) in [4.78, 5) is 45.9. The second kappa shape index (κ2) is 6.35. The Balaban J connectivity index is 2.44. The molecule has 4 amide bonds. The van der Waals surface area contributed by atoms with E-state index in [0.717, 1.165) is 17.1 Å². The summed E-state index contributed by atoms with van der Waals surface area (Å²) >= 11 is 0. The standard InChI is InChI=1S/C12H13N3O4/c1-2-3-8(12(13)19)14-9(16)6-7-15-10(17)4-5-11(15)18/h1,4-5,8H,3,6-7H2,(H2,13,19)(H,14,16)/t8-/m1/s1. The molecule has 0 bridgehead atoms. The van der Waals surface area contributed by atoms with Gasteiger partial charge < -0.3 is 11.1 Å². The van der Waals surface area contributed by atoms with Crippen molar-refractivity contribution in [3.63, 3.8) is 0 Å². The van der Waals surface area contributed by atoms with Gasteiger partial charge >= 0.3 is 0 Å². The highest BCUT2D eigenvalue weighted by molar-refractivity contribution is 6.13. The second-order valence-electron chi connectivity index (χ2n) is 3.84. The number of carbonyl (C=O) groups excluding carboxylic acids is 4. The second-order valence-corrected chi connectivity index (χ2v) is 3.84. The average Bonchev–Trinajstić information content (AvgIpc) is 2.66. The van der Waals surface area contributed by atoms with E-state index in [-0.39, 0.29) is 19.4 Å². The van der Waals surface area contributed by atoms with Gasteiger partial charge in [-0.2, -0.15) is 0 Å². The molecule has 0 radical (unpaired) electrons. The van der Waals surface area contributed by atoms with E-state index in [1.807, 2.05) is 0 Å². The number of amides is 4. The number of nitrogens with zero attached hydrogens (tertiary/aromatic N) is 1. The number of carbonyl (C=O) groups is 4. The lowest BCUT2D eigenvalue weighted by Crippen LogP contribution is -2.45. The van der Waals surface area contributed by atoms with Crippen molar-refractivity contribution in [2.75, 3.05) is 6.54 Å². The molecule has 1 heterocycles. The van der Waals surface area contributed by atoms with Gasteiger partial charge in [-0.3, -0.25) is 24.1 Å². The predicted octanol–water partition coefficient (Wildman–Crippen LogP) is -1.71. The van der Waals surface area contributed by atoms with Crippen LogP contribution in [-0.4, -0.2) is 41.1 Å². The molecule has 1 atom stereocenters. The molecule has 0 aromatic rings. The molecule has 3 N–H and O–H groups in total. The van der Waals surface area contributed by atoms with Gasteiger partial charge in [0, 0.05) is 31.5 Å². The van der Waals surface area contributed by atoms with Crippen LogP contribution >= 0.6 is 0 Å². The zero-order valence-electron chi connectivity index (χ0n) is 10.1. The Hall–Kier alpha value is -2.62. The van der Waals surface area contributed by atoms with Crippen LogP contribution in [0.25, 0.3) is 0 Å². The van der Waals surface area contributed by atoms with E-state index >= 15 is 0 Å². The molecular formula is C12H13N3O4. The van der Waals surface area contributed by atoms with E-state index in [1.165, 1.54) is 0 Å². The van der Waals surface area contributed by atoms with Crippen molar-refractivity contribution in [3.05, 3.63) is 12.2 Å². The van der Waals surface area contributed by atoms with Gasteiger partial charge in [0.05, 0.1) is 0 Å². The zero-order chi connectivity index (χ0) is 14.4. The Kier molecular flexibility index (Phi) is 4.83.